The SMILES string of the molecule is CC(=O)N(CCC(=O)N1CCOCC1)Cc1ccccc1F. The molecule has 0 N–H and O–H groups in total. The van der Waals surface area contributed by atoms with Gasteiger partial charge in [0.2, 0.25) is 11.8 Å². The topological polar surface area (TPSA) is 49.9 Å². The van der Waals surface area contributed by atoms with Crippen LogP contribution in [0.4, 0.5) is 4.39 Å². The molecule has 6 heteroatoms. The minimum atomic E-state index is -0.340. The number of carbonyl (C=O) groups is 2. The molecule has 0 spiro atoms. The van der Waals surface area contributed by atoms with Crippen molar-refractivity contribution >= 4 is 11.8 Å². The molecule has 1 saturated heterocycles. The fraction of sp³-hybridized carbons (Fsp3) is 0.500. The second-order valence-electron chi connectivity index (χ2n) is 5.28. The van der Waals surface area contributed by atoms with Crippen molar-refractivity contribution in [2.45, 2.75) is 19.9 Å². The van der Waals surface area contributed by atoms with Crippen molar-refractivity contribution in [3.8, 4) is 0 Å². The molecule has 0 atom stereocenters. The molecule has 120 valence electrons. The molecule has 1 aliphatic heterocycles. The predicted molar refractivity (Wildman–Crippen MR) is 79.5 cm³/mol. The predicted octanol–water partition coefficient (Wildman–Crippen LogP) is 1.42. The number of ether oxygens (including phenoxy) is 1. The van der Waals surface area contributed by atoms with Gasteiger partial charge in [-0.15, -0.1) is 0 Å². The zero-order valence-corrected chi connectivity index (χ0v) is 12.8. The first kappa shape index (κ1) is 16.4. The molecule has 1 aromatic rings. The molecule has 2 amide bonds. The molecule has 5 nitrogen and oxygen atoms in total. The van der Waals surface area contributed by atoms with Crippen molar-refractivity contribution < 1.29 is 18.7 Å². The van der Waals surface area contributed by atoms with Crippen LogP contribution in [0.2, 0.25) is 0 Å². The Balaban J connectivity index is 1.90. The standard InChI is InChI=1S/C16H21FN2O3/c1-13(20)19(12-14-4-2-3-5-15(14)17)7-6-16(21)18-8-10-22-11-9-18/h2-5H,6-12H2,1H3. The van der Waals surface area contributed by atoms with Gasteiger partial charge in [-0.25, -0.2) is 4.39 Å². The maximum absolute atomic E-state index is 13.7. The molecule has 0 bridgehead atoms. The van der Waals surface area contributed by atoms with Crippen molar-refractivity contribution in [3.05, 3.63) is 35.6 Å². The Morgan fingerprint density at radius 2 is 1.95 bits per heavy atom. The maximum atomic E-state index is 13.7. The Hall–Kier alpha value is -1.95. The molecule has 1 aliphatic rings. The van der Waals surface area contributed by atoms with Crippen LogP contribution in [0.25, 0.3) is 0 Å². The van der Waals surface area contributed by atoms with Gasteiger partial charge in [0.05, 0.1) is 13.2 Å². The third-order valence-electron chi connectivity index (χ3n) is 3.72. The molecule has 2 rings (SSSR count). The first-order valence-electron chi connectivity index (χ1n) is 7.42. The van der Waals surface area contributed by atoms with Gasteiger partial charge in [-0.3, -0.25) is 9.59 Å². The molecule has 0 saturated carbocycles. The Labute approximate surface area is 129 Å². The smallest absolute Gasteiger partial charge is 0.224 e. The second-order valence-corrected chi connectivity index (χ2v) is 5.28. The number of benzene rings is 1. The van der Waals surface area contributed by atoms with Gasteiger partial charge in [-0.1, -0.05) is 18.2 Å². The highest BCUT2D eigenvalue weighted by Gasteiger charge is 2.19. The van der Waals surface area contributed by atoms with Crippen molar-refractivity contribution in [2.75, 3.05) is 32.8 Å². The van der Waals surface area contributed by atoms with Crippen LogP contribution in [-0.4, -0.2) is 54.5 Å². The first-order valence-corrected chi connectivity index (χ1v) is 7.42. The summed E-state index contributed by atoms with van der Waals surface area (Å²) in [6, 6.07) is 6.36. The van der Waals surface area contributed by atoms with E-state index in [2.05, 4.69) is 0 Å². The van der Waals surface area contributed by atoms with Gasteiger partial charge in [-0.2, -0.15) is 0 Å². The summed E-state index contributed by atoms with van der Waals surface area (Å²) in [5, 5.41) is 0. The zero-order valence-electron chi connectivity index (χ0n) is 12.8. The van der Waals surface area contributed by atoms with Crippen molar-refractivity contribution in [3.63, 3.8) is 0 Å². The molecular formula is C16H21FN2O3. The number of carbonyl (C=O) groups excluding carboxylic acids is 2. The summed E-state index contributed by atoms with van der Waals surface area (Å²) in [4.78, 5) is 27.0. The van der Waals surface area contributed by atoms with E-state index in [9.17, 15) is 14.0 Å². The molecule has 0 radical (unpaired) electrons. The van der Waals surface area contributed by atoms with Crippen molar-refractivity contribution in [1.82, 2.24) is 9.80 Å². The lowest BCUT2D eigenvalue weighted by molar-refractivity contribution is -0.136. The zero-order chi connectivity index (χ0) is 15.9. The number of amides is 2. The number of nitrogens with zero attached hydrogens (tertiary/aromatic N) is 2. The fourth-order valence-corrected chi connectivity index (χ4v) is 2.38. The van der Waals surface area contributed by atoms with Gasteiger partial charge in [0.25, 0.3) is 0 Å². The molecule has 1 heterocycles. The summed E-state index contributed by atoms with van der Waals surface area (Å²) in [7, 11) is 0. The molecular weight excluding hydrogens is 287 g/mol. The van der Waals surface area contributed by atoms with E-state index in [1.54, 1.807) is 23.1 Å². The van der Waals surface area contributed by atoms with E-state index in [0.717, 1.165) is 0 Å². The van der Waals surface area contributed by atoms with Crippen LogP contribution in [0.1, 0.15) is 18.9 Å². The molecule has 1 fully saturated rings. The van der Waals surface area contributed by atoms with E-state index < -0.39 is 0 Å². The average molecular weight is 308 g/mol. The molecule has 0 unspecified atom stereocenters. The fourth-order valence-electron chi connectivity index (χ4n) is 2.38. The first-order chi connectivity index (χ1) is 10.6. The number of rotatable bonds is 5. The van der Waals surface area contributed by atoms with Crippen molar-refractivity contribution in [2.24, 2.45) is 0 Å². The van der Waals surface area contributed by atoms with Crippen molar-refractivity contribution in [1.29, 1.82) is 0 Å². The number of hydrogen-bond donors (Lipinski definition) is 0. The van der Waals surface area contributed by atoms with Gasteiger partial charge < -0.3 is 14.5 Å². The van der Waals surface area contributed by atoms with Crippen LogP contribution < -0.4 is 0 Å². The third kappa shape index (κ3) is 4.53. The molecule has 22 heavy (non-hydrogen) atoms. The monoisotopic (exact) mass is 308 g/mol. The van der Waals surface area contributed by atoms with E-state index in [4.69, 9.17) is 4.74 Å². The maximum Gasteiger partial charge on any atom is 0.224 e. The van der Waals surface area contributed by atoms with Crippen LogP contribution in [0.5, 0.6) is 0 Å². The summed E-state index contributed by atoms with van der Waals surface area (Å²) in [6.45, 7) is 4.19. The van der Waals surface area contributed by atoms with E-state index in [1.807, 2.05) is 0 Å². The van der Waals surface area contributed by atoms with Gasteiger partial charge in [0.1, 0.15) is 5.82 Å². The van der Waals surface area contributed by atoms with E-state index in [0.29, 0.717) is 38.4 Å². The average Bonchev–Trinajstić information content (AvgIpc) is 2.53. The Morgan fingerprint density at radius 3 is 2.59 bits per heavy atom. The van der Waals surface area contributed by atoms with Gasteiger partial charge >= 0.3 is 0 Å². The summed E-state index contributed by atoms with van der Waals surface area (Å²) in [6.07, 6.45) is 0.244. The summed E-state index contributed by atoms with van der Waals surface area (Å²) >= 11 is 0. The number of morpholine rings is 1. The highest BCUT2D eigenvalue weighted by atomic mass is 19.1. The van der Waals surface area contributed by atoms with E-state index >= 15 is 0 Å². The van der Waals surface area contributed by atoms with E-state index in [-0.39, 0.29) is 30.6 Å². The van der Waals surface area contributed by atoms with Crippen LogP contribution >= 0.6 is 0 Å². The van der Waals surface area contributed by atoms with Crippen LogP contribution in [0.15, 0.2) is 24.3 Å². The van der Waals surface area contributed by atoms with Crippen LogP contribution in [0, 0.1) is 5.82 Å². The lowest BCUT2D eigenvalue weighted by Crippen LogP contribution is -2.42. The summed E-state index contributed by atoms with van der Waals surface area (Å²) in [5.74, 6) is -0.505. The minimum absolute atomic E-state index is 0.00286. The lowest BCUT2D eigenvalue weighted by Gasteiger charge is -2.28. The quantitative estimate of drug-likeness (QED) is 0.827. The normalized spacial score (nSPS) is 14.7. The lowest BCUT2D eigenvalue weighted by atomic mass is 10.2. The van der Waals surface area contributed by atoms with Gasteiger partial charge in [0, 0.05) is 45.1 Å². The summed E-state index contributed by atoms with van der Waals surface area (Å²) < 4.78 is 18.9. The largest absolute Gasteiger partial charge is 0.378 e. The van der Waals surface area contributed by atoms with E-state index in [1.165, 1.54) is 17.9 Å². The number of halogens is 1. The van der Waals surface area contributed by atoms with Gasteiger partial charge in [0.15, 0.2) is 0 Å². The molecule has 0 aromatic heterocycles. The highest BCUT2D eigenvalue weighted by molar-refractivity contribution is 5.78. The highest BCUT2D eigenvalue weighted by Crippen LogP contribution is 2.11. The summed E-state index contributed by atoms with van der Waals surface area (Å²) in [5.41, 5.74) is 0.455. The second kappa shape index (κ2) is 7.89. The Morgan fingerprint density at radius 1 is 1.27 bits per heavy atom. The van der Waals surface area contributed by atoms with Gasteiger partial charge in [-0.05, 0) is 6.07 Å². The molecule has 1 aromatic carbocycles. The Bertz CT molecular complexity index is 530. The van der Waals surface area contributed by atoms with Crippen LogP contribution in [0.3, 0.4) is 0 Å². The molecule has 0 aliphatic carbocycles. The van der Waals surface area contributed by atoms with Crippen LogP contribution in [-0.2, 0) is 20.9 Å². The third-order valence-corrected chi connectivity index (χ3v) is 3.72. The Kier molecular flexibility index (Phi) is 5.89. The minimum Gasteiger partial charge on any atom is -0.378 e. The number of hydrogen-bond acceptors (Lipinski definition) is 3.